The normalized spacial score (nSPS) is 12.1. The van der Waals surface area contributed by atoms with Gasteiger partial charge in [-0.2, -0.15) is 0 Å². The zero-order valence-electron chi connectivity index (χ0n) is 54.2. The zero-order valence-corrected chi connectivity index (χ0v) is 54.2. The van der Waals surface area contributed by atoms with Crippen molar-refractivity contribution in [3.63, 3.8) is 0 Å². The summed E-state index contributed by atoms with van der Waals surface area (Å²) in [6.07, 6.45) is 10.1. The molecule has 0 heterocycles. The quantitative estimate of drug-likeness (QED) is 0.101. The third kappa shape index (κ3) is 14.3. The van der Waals surface area contributed by atoms with Gasteiger partial charge in [-0.25, -0.2) is 0 Å². The molecule has 0 saturated heterocycles. The highest BCUT2D eigenvalue weighted by atomic mass is 15.2. The van der Waals surface area contributed by atoms with Gasteiger partial charge in [0.25, 0.3) is 0 Å². The van der Waals surface area contributed by atoms with Crippen molar-refractivity contribution >= 4 is 51.2 Å². The summed E-state index contributed by atoms with van der Waals surface area (Å²) in [5.41, 5.74) is 32.5. The third-order valence-electron chi connectivity index (χ3n) is 17.4. The van der Waals surface area contributed by atoms with Gasteiger partial charge < -0.3 is 14.7 Å². The first kappa shape index (κ1) is 62.1. The van der Waals surface area contributed by atoms with E-state index in [9.17, 15) is 0 Å². The Bertz CT molecular complexity index is 3510. The Morgan fingerprint density at radius 2 is 0.558 bits per heavy atom. The molecule has 440 valence electrons. The minimum atomic E-state index is -0.171. The van der Waals surface area contributed by atoms with Gasteiger partial charge in [-0.1, -0.05) is 191 Å². The number of rotatable bonds is 15. The molecule has 0 atom stereocenters. The molecule has 3 nitrogen and oxygen atoms in total. The maximum absolute atomic E-state index is 2.41. The number of aryl methyl sites for hydroxylation is 12. The van der Waals surface area contributed by atoms with Crippen molar-refractivity contribution < 1.29 is 0 Å². The second-order valence-electron chi connectivity index (χ2n) is 24.5. The predicted molar refractivity (Wildman–Crippen MR) is 375 cm³/mol. The Kier molecular flexibility index (Phi) is 20.4. The molecule has 0 aliphatic heterocycles. The number of fused-ring (bicyclic) bond motifs is 4. The minimum absolute atomic E-state index is 0.171. The molecule has 0 N–H and O–H groups in total. The van der Waals surface area contributed by atoms with Crippen LogP contribution in [0.15, 0.2) is 212 Å². The highest BCUT2D eigenvalue weighted by Crippen LogP contribution is 2.52. The maximum Gasteiger partial charge on any atom is 0.0465 e. The first-order chi connectivity index (χ1) is 41.6. The lowest BCUT2D eigenvalue weighted by Crippen LogP contribution is -2.17. The molecule has 3 heteroatoms. The van der Waals surface area contributed by atoms with Crippen molar-refractivity contribution in [1.82, 2.24) is 0 Å². The third-order valence-corrected chi connectivity index (χ3v) is 17.4. The van der Waals surface area contributed by atoms with Crippen LogP contribution in [0.1, 0.15) is 145 Å². The Balaban J connectivity index is 0.000000178. The molecule has 2 aliphatic rings. The van der Waals surface area contributed by atoms with Gasteiger partial charge in [-0.05, 0) is 259 Å². The second-order valence-corrected chi connectivity index (χ2v) is 24.5. The van der Waals surface area contributed by atoms with Crippen LogP contribution < -0.4 is 14.7 Å². The second kappa shape index (κ2) is 28.2. The fourth-order valence-electron chi connectivity index (χ4n) is 12.0. The first-order valence-electron chi connectivity index (χ1n) is 31.9. The highest BCUT2D eigenvalue weighted by molar-refractivity contribution is 5.88. The van der Waals surface area contributed by atoms with Crippen LogP contribution in [0.3, 0.4) is 0 Å². The van der Waals surface area contributed by atoms with E-state index in [1.807, 2.05) is 13.8 Å². The van der Waals surface area contributed by atoms with Crippen molar-refractivity contribution in [2.75, 3.05) is 14.7 Å². The van der Waals surface area contributed by atoms with Crippen LogP contribution in [0, 0.1) is 55.4 Å². The van der Waals surface area contributed by atoms with Crippen molar-refractivity contribution in [3.05, 3.63) is 290 Å². The van der Waals surface area contributed by atoms with Crippen molar-refractivity contribution in [1.29, 1.82) is 0 Å². The van der Waals surface area contributed by atoms with Crippen molar-refractivity contribution in [3.8, 4) is 11.1 Å². The number of nitrogens with zero attached hydrogens (tertiary/aromatic N) is 3. The molecule has 0 fully saturated rings. The first-order valence-corrected chi connectivity index (χ1v) is 31.9. The van der Waals surface area contributed by atoms with E-state index in [-0.39, 0.29) is 5.41 Å². The lowest BCUT2D eigenvalue weighted by atomic mass is 9.82. The van der Waals surface area contributed by atoms with Crippen LogP contribution in [0.25, 0.3) is 11.1 Å². The Labute approximate surface area is 518 Å². The van der Waals surface area contributed by atoms with E-state index in [0.717, 1.165) is 22.7 Å². The minimum Gasteiger partial charge on any atom is -0.310 e. The lowest BCUT2D eigenvalue weighted by Gasteiger charge is -2.29. The number of hydrogen-bond donors (Lipinski definition) is 0. The van der Waals surface area contributed by atoms with Crippen LogP contribution in [-0.4, -0.2) is 0 Å². The van der Waals surface area contributed by atoms with Crippen LogP contribution in [0.4, 0.5) is 51.2 Å². The molecule has 10 aromatic rings. The molecular formula is C83H93N3. The van der Waals surface area contributed by atoms with E-state index >= 15 is 0 Å². The maximum atomic E-state index is 2.41. The van der Waals surface area contributed by atoms with E-state index in [4.69, 9.17) is 0 Å². The summed E-state index contributed by atoms with van der Waals surface area (Å²) in [6, 6.07) is 78.6. The number of anilines is 9. The van der Waals surface area contributed by atoms with Gasteiger partial charge in [0.1, 0.15) is 0 Å². The van der Waals surface area contributed by atoms with E-state index in [0.29, 0.717) is 0 Å². The summed E-state index contributed by atoms with van der Waals surface area (Å²) in [5.74, 6) is 0. The smallest absolute Gasteiger partial charge is 0.0465 e. The molecule has 0 radical (unpaired) electrons. The van der Waals surface area contributed by atoms with Gasteiger partial charge in [0.2, 0.25) is 0 Å². The van der Waals surface area contributed by atoms with Crippen LogP contribution >= 0.6 is 0 Å². The molecule has 0 bridgehead atoms. The van der Waals surface area contributed by atoms with Crippen LogP contribution in [-0.2, 0) is 31.1 Å². The van der Waals surface area contributed by atoms with E-state index in [1.54, 1.807) is 11.1 Å². The predicted octanol–water partition coefficient (Wildman–Crippen LogP) is 24.1. The average Bonchev–Trinajstić information content (AvgIpc) is 1.64. The molecular weight excluding hydrogens is 1040 g/mol. The molecule has 10 aromatic carbocycles. The standard InChI is InChI=1S/C43H40N2.C22H21N.C16H26.C2H6/c1-29-7-15-33(16-8-29)44(34-17-9-30(2)10-18-34)37-23-25-39-40-26-24-38(28-42(40)43(5,6)41(39)27-37)45(35-19-11-31(3)12-20-35)36-21-13-32(4)14-22-36;1-16-3-10-20(11-4-16)23(21-12-5-17(2)6-13-21)22-14-9-18-7-8-19(18)15-22;1-5-7-9-15-11-14(4)16(10-8-6-2)12-13(15)3;1-2/h7-28H,1-6H3;3-6,9-15H,7-8H2,1-2H3;11-12H,5-10H2,1-4H3;1-2H3. The van der Waals surface area contributed by atoms with Gasteiger partial charge in [0.05, 0.1) is 0 Å². The molecule has 0 unspecified atom stereocenters. The molecule has 2 aliphatic carbocycles. The molecule has 86 heavy (non-hydrogen) atoms. The van der Waals surface area contributed by atoms with Gasteiger partial charge in [-0.3, -0.25) is 0 Å². The van der Waals surface area contributed by atoms with Crippen LogP contribution in [0.5, 0.6) is 0 Å². The van der Waals surface area contributed by atoms with E-state index < -0.39 is 0 Å². The molecule has 0 amide bonds. The highest BCUT2D eigenvalue weighted by Gasteiger charge is 2.37. The largest absolute Gasteiger partial charge is 0.310 e. The van der Waals surface area contributed by atoms with Crippen molar-refractivity contribution in [2.24, 2.45) is 0 Å². The summed E-state index contributed by atoms with van der Waals surface area (Å²) >= 11 is 0. The summed E-state index contributed by atoms with van der Waals surface area (Å²) in [5, 5.41) is 0. The summed E-state index contributed by atoms with van der Waals surface area (Å²) in [4.78, 5) is 7.10. The van der Waals surface area contributed by atoms with Gasteiger partial charge >= 0.3 is 0 Å². The Morgan fingerprint density at radius 3 is 0.814 bits per heavy atom. The number of unbranched alkanes of at least 4 members (excludes halogenated alkanes) is 2. The molecule has 0 aromatic heterocycles. The molecule has 0 spiro atoms. The fourth-order valence-corrected chi connectivity index (χ4v) is 12.0. The van der Waals surface area contributed by atoms with E-state index in [2.05, 4.69) is 310 Å². The SMILES string of the molecule is CC.CCCCc1cc(C)c(CCCC)cc1C.Cc1ccc(N(c2ccc(C)cc2)c2ccc3c(c2)C(C)(C)c2cc(N(c4ccc(C)cc4)c4ccc(C)cc4)ccc2-3)cc1.Cc1ccc(N(c2ccc(C)cc2)c2ccc3c(c2)CC3)cc1. The Morgan fingerprint density at radius 1 is 0.302 bits per heavy atom. The number of benzene rings is 10. The summed E-state index contributed by atoms with van der Waals surface area (Å²) < 4.78 is 0. The average molecular weight is 1130 g/mol. The fraction of sp³-hybridized carbons (Fsp3) is 0.277. The van der Waals surface area contributed by atoms with Gasteiger partial charge in [0.15, 0.2) is 0 Å². The van der Waals surface area contributed by atoms with Gasteiger partial charge in [-0.15, -0.1) is 0 Å². The molecule has 12 rings (SSSR count). The lowest BCUT2D eigenvalue weighted by molar-refractivity contribution is 0.660. The number of hydrogen-bond acceptors (Lipinski definition) is 3. The van der Waals surface area contributed by atoms with Crippen molar-refractivity contribution in [2.45, 2.75) is 154 Å². The summed E-state index contributed by atoms with van der Waals surface area (Å²) in [7, 11) is 0. The topological polar surface area (TPSA) is 9.72 Å². The van der Waals surface area contributed by atoms with Crippen LogP contribution in [0.2, 0.25) is 0 Å². The molecule has 0 saturated carbocycles. The Hall–Kier alpha value is -8.40. The monoisotopic (exact) mass is 1130 g/mol. The van der Waals surface area contributed by atoms with Gasteiger partial charge in [0, 0.05) is 56.6 Å². The summed E-state index contributed by atoms with van der Waals surface area (Å²) in [6.45, 7) is 30.6. The zero-order chi connectivity index (χ0) is 61.1. The van der Waals surface area contributed by atoms with E-state index in [1.165, 1.54) is 158 Å².